The van der Waals surface area contributed by atoms with Gasteiger partial charge < -0.3 is 11.1 Å². The SMILES string of the molecule is CC(NCCC#N)C(N)=O. The van der Waals surface area contributed by atoms with E-state index in [-0.39, 0.29) is 6.04 Å². The summed E-state index contributed by atoms with van der Waals surface area (Å²) in [5, 5.41) is 10.9. The van der Waals surface area contributed by atoms with Crippen LogP contribution in [0.25, 0.3) is 0 Å². The van der Waals surface area contributed by atoms with Crippen LogP contribution < -0.4 is 11.1 Å². The van der Waals surface area contributed by atoms with Crippen molar-refractivity contribution in [3.63, 3.8) is 0 Å². The summed E-state index contributed by atoms with van der Waals surface area (Å²) in [5.41, 5.74) is 4.93. The second kappa shape index (κ2) is 4.77. The molecule has 0 aliphatic rings. The summed E-state index contributed by atoms with van der Waals surface area (Å²) in [6.45, 7) is 2.18. The molecular formula is C6H11N3O. The van der Waals surface area contributed by atoms with Gasteiger partial charge in [-0.1, -0.05) is 0 Å². The van der Waals surface area contributed by atoms with Crippen molar-refractivity contribution >= 4 is 5.91 Å². The van der Waals surface area contributed by atoms with Crippen LogP contribution in [0.4, 0.5) is 0 Å². The molecule has 0 spiro atoms. The van der Waals surface area contributed by atoms with Crippen molar-refractivity contribution in [1.29, 1.82) is 5.26 Å². The number of carbonyl (C=O) groups is 1. The van der Waals surface area contributed by atoms with Gasteiger partial charge in [0, 0.05) is 13.0 Å². The molecule has 0 aromatic heterocycles. The summed E-state index contributed by atoms with van der Waals surface area (Å²) in [4.78, 5) is 10.4. The molecule has 1 unspecified atom stereocenters. The van der Waals surface area contributed by atoms with Crippen LogP contribution >= 0.6 is 0 Å². The van der Waals surface area contributed by atoms with Crippen molar-refractivity contribution in [2.24, 2.45) is 5.73 Å². The fourth-order valence-electron chi connectivity index (χ4n) is 0.445. The van der Waals surface area contributed by atoms with E-state index >= 15 is 0 Å². The molecule has 1 atom stereocenters. The Bertz CT molecular complexity index is 150. The number of nitrogens with zero attached hydrogens (tertiary/aromatic N) is 1. The van der Waals surface area contributed by atoms with Crippen LogP contribution in [-0.2, 0) is 4.79 Å². The summed E-state index contributed by atoms with van der Waals surface area (Å²) in [6, 6.07) is 1.61. The van der Waals surface area contributed by atoms with Crippen LogP contribution in [0.1, 0.15) is 13.3 Å². The molecule has 0 radical (unpaired) electrons. The molecule has 0 aliphatic heterocycles. The molecule has 10 heavy (non-hydrogen) atoms. The van der Waals surface area contributed by atoms with E-state index in [0.29, 0.717) is 13.0 Å². The standard InChI is InChI=1S/C6H11N3O/c1-5(6(8)10)9-4-2-3-7/h5,9H,2,4H2,1H3,(H2,8,10). The molecule has 4 heteroatoms. The van der Waals surface area contributed by atoms with Crippen molar-refractivity contribution in [2.45, 2.75) is 19.4 Å². The second-order valence-corrected chi connectivity index (χ2v) is 1.99. The third-order valence-electron chi connectivity index (χ3n) is 1.11. The summed E-state index contributed by atoms with van der Waals surface area (Å²) in [6.07, 6.45) is 0.400. The van der Waals surface area contributed by atoms with Gasteiger partial charge in [-0.15, -0.1) is 0 Å². The molecule has 0 aromatic carbocycles. The minimum Gasteiger partial charge on any atom is -0.368 e. The predicted molar refractivity (Wildman–Crippen MR) is 36.9 cm³/mol. The third-order valence-corrected chi connectivity index (χ3v) is 1.11. The Morgan fingerprint density at radius 2 is 2.50 bits per heavy atom. The van der Waals surface area contributed by atoms with Crippen LogP contribution in [0.15, 0.2) is 0 Å². The van der Waals surface area contributed by atoms with E-state index in [4.69, 9.17) is 11.0 Å². The van der Waals surface area contributed by atoms with Crippen molar-refractivity contribution in [3.05, 3.63) is 0 Å². The molecule has 0 rings (SSSR count). The van der Waals surface area contributed by atoms with Gasteiger partial charge in [-0.05, 0) is 6.92 Å². The molecule has 0 bridgehead atoms. The highest BCUT2D eigenvalue weighted by Gasteiger charge is 2.04. The second-order valence-electron chi connectivity index (χ2n) is 1.99. The van der Waals surface area contributed by atoms with Gasteiger partial charge in [0.15, 0.2) is 0 Å². The Balaban J connectivity index is 3.32. The lowest BCUT2D eigenvalue weighted by molar-refractivity contribution is -0.119. The lowest BCUT2D eigenvalue weighted by Crippen LogP contribution is -2.39. The first-order chi connectivity index (χ1) is 4.68. The average molecular weight is 141 g/mol. The minimum absolute atomic E-state index is 0.339. The molecule has 4 nitrogen and oxygen atoms in total. The highest BCUT2D eigenvalue weighted by molar-refractivity contribution is 5.79. The van der Waals surface area contributed by atoms with Crippen molar-refractivity contribution < 1.29 is 4.79 Å². The highest BCUT2D eigenvalue weighted by atomic mass is 16.1. The Morgan fingerprint density at radius 3 is 2.90 bits per heavy atom. The number of primary amides is 1. The summed E-state index contributed by atoms with van der Waals surface area (Å²) >= 11 is 0. The first-order valence-electron chi connectivity index (χ1n) is 3.08. The Labute approximate surface area is 60.0 Å². The summed E-state index contributed by atoms with van der Waals surface area (Å²) in [7, 11) is 0. The molecular weight excluding hydrogens is 130 g/mol. The van der Waals surface area contributed by atoms with Crippen molar-refractivity contribution in [1.82, 2.24) is 5.32 Å². The zero-order chi connectivity index (χ0) is 7.98. The molecule has 0 saturated carbocycles. The van der Waals surface area contributed by atoms with Gasteiger partial charge in [0.1, 0.15) is 0 Å². The van der Waals surface area contributed by atoms with Gasteiger partial charge in [0.05, 0.1) is 12.1 Å². The van der Waals surface area contributed by atoms with E-state index in [9.17, 15) is 4.79 Å². The predicted octanol–water partition coefficient (Wildman–Crippen LogP) is -0.637. The van der Waals surface area contributed by atoms with Gasteiger partial charge in [-0.3, -0.25) is 4.79 Å². The van der Waals surface area contributed by atoms with Gasteiger partial charge >= 0.3 is 0 Å². The fourth-order valence-corrected chi connectivity index (χ4v) is 0.445. The molecule has 56 valence electrons. The maximum atomic E-state index is 10.4. The van der Waals surface area contributed by atoms with Crippen LogP contribution in [0.5, 0.6) is 0 Å². The monoisotopic (exact) mass is 141 g/mol. The van der Waals surface area contributed by atoms with Gasteiger partial charge in [-0.25, -0.2) is 0 Å². The number of rotatable bonds is 4. The topological polar surface area (TPSA) is 78.9 Å². The lowest BCUT2D eigenvalue weighted by Gasteiger charge is -2.06. The first kappa shape index (κ1) is 8.92. The molecule has 0 aromatic rings. The number of nitrogens with one attached hydrogen (secondary N) is 1. The van der Waals surface area contributed by atoms with Gasteiger partial charge in [-0.2, -0.15) is 5.26 Å². The number of amides is 1. The van der Waals surface area contributed by atoms with Crippen molar-refractivity contribution in [3.8, 4) is 6.07 Å². The van der Waals surface area contributed by atoms with Gasteiger partial charge in [0.2, 0.25) is 5.91 Å². The maximum absolute atomic E-state index is 10.4. The largest absolute Gasteiger partial charge is 0.368 e. The zero-order valence-electron chi connectivity index (χ0n) is 5.92. The van der Waals surface area contributed by atoms with E-state index < -0.39 is 5.91 Å². The molecule has 1 amide bonds. The van der Waals surface area contributed by atoms with Gasteiger partial charge in [0.25, 0.3) is 0 Å². The number of hydrogen-bond donors (Lipinski definition) is 2. The van der Waals surface area contributed by atoms with E-state index in [1.165, 1.54) is 0 Å². The zero-order valence-corrected chi connectivity index (χ0v) is 5.92. The Kier molecular flexibility index (Phi) is 4.25. The molecule has 0 heterocycles. The molecule has 0 saturated heterocycles. The molecule has 0 aliphatic carbocycles. The van der Waals surface area contributed by atoms with E-state index in [1.54, 1.807) is 6.92 Å². The van der Waals surface area contributed by atoms with Crippen LogP contribution in [0.3, 0.4) is 0 Å². The molecule has 0 fully saturated rings. The highest BCUT2D eigenvalue weighted by Crippen LogP contribution is 1.78. The smallest absolute Gasteiger partial charge is 0.234 e. The average Bonchev–Trinajstić information content (AvgIpc) is 1.88. The number of nitrogens with two attached hydrogens (primary N) is 1. The summed E-state index contributed by atoms with van der Waals surface area (Å²) < 4.78 is 0. The lowest BCUT2D eigenvalue weighted by atomic mass is 10.3. The first-order valence-corrected chi connectivity index (χ1v) is 3.08. The van der Waals surface area contributed by atoms with E-state index in [0.717, 1.165) is 0 Å². The van der Waals surface area contributed by atoms with E-state index in [2.05, 4.69) is 5.32 Å². The number of hydrogen-bond acceptors (Lipinski definition) is 3. The Hall–Kier alpha value is -1.08. The number of carbonyl (C=O) groups excluding carboxylic acids is 1. The van der Waals surface area contributed by atoms with Crippen LogP contribution in [-0.4, -0.2) is 18.5 Å². The summed E-state index contributed by atoms with van der Waals surface area (Å²) in [5.74, 6) is -0.391. The molecule has 3 N–H and O–H groups in total. The maximum Gasteiger partial charge on any atom is 0.234 e. The third kappa shape index (κ3) is 3.87. The van der Waals surface area contributed by atoms with Crippen LogP contribution in [0, 0.1) is 11.3 Å². The number of nitriles is 1. The normalized spacial score (nSPS) is 12.0. The van der Waals surface area contributed by atoms with Crippen molar-refractivity contribution in [2.75, 3.05) is 6.54 Å². The fraction of sp³-hybridized carbons (Fsp3) is 0.667. The van der Waals surface area contributed by atoms with E-state index in [1.807, 2.05) is 6.07 Å². The Morgan fingerprint density at radius 1 is 1.90 bits per heavy atom. The quantitative estimate of drug-likeness (QED) is 0.511. The minimum atomic E-state index is -0.391. The van der Waals surface area contributed by atoms with Crippen LogP contribution in [0.2, 0.25) is 0 Å².